The predicted octanol–water partition coefficient (Wildman–Crippen LogP) is 3.64. The Balaban J connectivity index is 3.29. The van der Waals surface area contributed by atoms with Crippen LogP contribution in [0.25, 0.3) is 6.08 Å². The minimum atomic E-state index is 0.102. The molecule has 0 aliphatic heterocycles. The molecule has 0 spiro atoms. The molecule has 0 bridgehead atoms. The van der Waals surface area contributed by atoms with Gasteiger partial charge in [-0.1, -0.05) is 39.5 Å². The number of methoxy groups -OCH3 is 1. The molecule has 0 aliphatic rings. The normalized spacial score (nSPS) is 11.1. The zero-order valence-corrected chi connectivity index (χ0v) is 9.42. The van der Waals surface area contributed by atoms with Crippen LogP contribution in [0.15, 0.2) is 24.8 Å². The van der Waals surface area contributed by atoms with E-state index in [4.69, 9.17) is 4.74 Å². The lowest BCUT2D eigenvalue weighted by Crippen LogP contribution is -2.12. The average molecular weight is 190 g/mol. The van der Waals surface area contributed by atoms with Crippen LogP contribution in [0.2, 0.25) is 0 Å². The van der Waals surface area contributed by atoms with Crippen molar-refractivity contribution >= 4 is 6.08 Å². The molecule has 0 aromatic heterocycles. The van der Waals surface area contributed by atoms with Crippen LogP contribution in [0.1, 0.15) is 31.9 Å². The van der Waals surface area contributed by atoms with E-state index in [1.807, 2.05) is 18.2 Å². The molecule has 14 heavy (non-hydrogen) atoms. The van der Waals surface area contributed by atoms with Gasteiger partial charge in [-0.2, -0.15) is 0 Å². The zero-order valence-electron chi connectivity index (χ0n) is 9.42. The molecule has 0 saturated heterocycles. The SMILES string of the molecule is C=Cc1ccc(OC)c(C(C)(C)C)c1. The van der Waals surface area contributed by atoms with E-state index in [2.05, 4.69) is 33.4 Å². The third-order valence-electron chi connectivity index (χ3n) is 2.27. The van der Waals surface area contributed by atoms with Crippen LogP contribution < -0.4 is 4.74 Å². The van der Waals surface area contributed by atoms with Gasteiger partial charge in [0.15, 0.2) is 0 Å². The van der Waals surface area contributed by atoms with Crippen LogP contribution in [-0.2, 0) is 5.41 Å². The van der Waals surface area contributed by atoms with E-state index in [9.17, 15) is 0 Å². The van der Waals surface area contributed by atoms with E-state index in [1.165, 1.54) is 5.56 Å². The average Bonchev–Trinajstić information content (AvgIpc) is 2.15. The van der Waals surface area contributed by atoms with Crippen molar-refractivity contribution in [2.75, 3.05) is 7.11 Å². The molecule has 1 aromatic carbocycles. The van der Waals surface area contributed by atoms with Gasteiger partial charge >= 0.3 is 0 Å². The smallest absolute Gasteiger partial charge is 0.122 e. The number of ether oxygens (including phenoxy) is 1. The third kappa shape index (κ3) is 2.16. The lowest BCUT2D eigenvalue weighted by atomic mass is 9.85. The Morgan fingerprint density at radius 2 is 1.93 bits per heavy atom. The Morgan fingerprint density at radius 3 is 2.36 bits per heavy atom. The molecule has 1 aromatic rings. The summed E-state index contributed by atoms with van der Waals surface area (Å²) in [5.74, 6) is 0.947. The van der Waals surface area contributed by atoms with E-state index in [-0.39, 0.29) is 5.41 Å². The van der Waals surface area contributed by atoms with Gasteiger partial charge in [0.25, 0.3) is 0 Å². The number of rotatable bonds is 2. The molecule has 0 radical (unpaired) electrons. The molecular weight excluding hydrogens is 172 g/mol. The summed E-state index contributed by atoms with van der Waals surface area (Å²) >= 11 is 0. The maximum atomic E-state index is 5.34. The highest BCUT2D eigenvalue weighted by molar-refractivity contribution is 5.53. The largest absolute Gasteiger partial charge is 0.496 e. The Labute approximate surface area is 86.4 Å². The molecule has 1 rings (SSSR count). The molecule has 0 saturated carbocycles. The van der Waals surface area contributed by atoms with Crippen molar-refractivity contribution in [3.63, 3.8) is 0 Å². The second-order valence-electron chi connectivity index (χ2n) is 4.41. The fourth-order valence-electron chi connectivity index (χ4n) is 1.44. The Bertz CT molecular complexity index is 332. The van der Waals surface area contributed by atoms with E-state index >= 15 is 0 Å². The summed E-state index contributed by atoms with van der Waals surface area (Å²) in [4.78, 5) is 0. The first-order valence-electron chi connectivity index (χ1n) is 4.80. The Kier molecular flexibility index (Phi) is 3.00. The summed E-state index contributed by atoms with van der Waals surface area (Å²) in [5.41, 5.74) is 2.46. The molecule has 0 unspecified atom stereocenters. The van der Waals surface area contributed by atoms with Crippen molar-refractivity contribution in [1.82, 2.24) is 0 Å². The second-order valence-corrected chi connectivity index (χ2v) is 4.41. The molecule has 0 atom stereocenters. The van der Waals surface area contributed by atoms with Gasteiger partial charge in [0.2, 0.25) is 0 Å². The second kappa shape index (κ2) is 3.87. The minimum Gasteiger partial charge on any atom is -0.496 e. The Hall–Kier alpha value is -1.24. The van der Waals surface area contributed by atoms with E-state index in [1.54, 1.807) is 7.11 Å². The van der Waals surface area contributed by atoms with Gasteiger partial charge in [-0.3, -0.25) is 0 Å². The first-order chi connectivity index (χ1) is 6.49. The molecule has 0 N–H and O–H groups in total. The summed E-state index contributed by atoms with van der Waals surface area (Å²) in [7, 11) is 1.71. The topological polar surface area (TPSA) is 9.23 Å². The van der Waals surface area contributed by atoms with Crippen molar-refractivity contribution in [3.8, 4) is 5.75 Å². The van der Waals surface area contributed by atoms with Crippen LogP contribution in [0.5, 0.6) is 5.75 Å². The maximum absolute atomic E-state index is 5.34. The Morgan fingerprint density at radius 1 is 1.29 bits per heavy atom. The molecule has 0 heterocycles. The predicted molar refractivity (Wildman–Crippen MR) is 61.8 cm³/mol. The molecule has 0 amide bonds. The summed E-state index contributed by atoms with van der Waals surface area (Å²) in [6.45, 7) is 10.3. The van der Waals surface area contributed by atoms with Gasteiger partial charge < -0.3 is 4.74 Å². The van der Waals surface area contributed by atoms with Crippen molar-refractivity contribution < 1.29 is 4.74 Å². The highest BCUT2D eigenvalue weighted by Gasteiger charge is 2.18. The van der Waals surface area contributed by atoms with Crippen LogP contribution >= 0.6 is 0 Å². The number of hydrogen-bond donors (Lipinski definition) is 0. The van der Waals surface area contributed by atoms with Gasteiger partial charge in [-0.25, -0.2) is 0 Å². The summed E-state index contributed by atoms with van der Waals surface area (Å²) in [6, 6.07) is 6.14. The van der Waals surface area contributed by atoms with Gasteiger partial charge in [0.05, 0.1) is 7.11 Å². The fourth-order valence-corrected chi connectivity index (χ4v) is 1.44. The standard InChI is InChI=1S/C13H18O/c1-6-10-7-8-12(14-5)11(9-10)13(2,3)4/h6-9H,1H2,2-5H3. The number of benzene rings is 1. The zero-order chi connectivity index (χ0) is 10.8. The summed E-state index contributed by atoms with van der Waals surface area (Å²) in [6.07, 6.45) is 1.86. The van der Waals surface area contributed by atoms with Crippen LogP contribution in [0.3, 0.4) is 0 Å². The van der Waals surface area contributed by atoms with Gasteiger partial charge in [0, 0.05) is 5.56 Å². The van der Waals surface area contributed by atoms with E-state index < -0.39 is 0 Å². The highest BCUT2D eigenvalue weighted by atomic mass is 16.5. The van der Waals surface area contributed by atoms with Gasteiger partial charge in [-0.05, 0) is 23.1 Å². The lowest BCUT2D eigenvalue weighted by molar-refractivity contribution is 0.397. The lowest BCUT2D eigenvalue weighted by Gasteiger charge is -2.22. The monoisotopic (exact) mass is 190 g/mol. The highest BCUT2D eigenvalue weighted by Crippen LogP contribution is 2.32. The van der Waals surface area contributed by atoms with Crippen LogP contribution in [0, 0.1) is 0 Å². The van der Waals surface area contributed by atoms with Crippen LogP contribution in [-0.4, -0.2) is 7.11 Å². The van der Waals surface area contributed by atoms with E-state index in [0.717, 1.165) is 11.3 Å². The summed E-state index contributed by atoms with van der Waals surface area (Å²) in [5, 5.41) is 0. The molecule has 0 fully saturated rings. The quantitative estimate of drug-likeness (QED) is 0.692. The molecule has 0 aliphatic carbocycles. The van der Waals surface area contributed by atoms with Gasteiger partial charge in [-0.15, -0.1) is 0 Å². The fraction of sp³-hybridized carbons (Fsp3) is 0.385. The van der Waals surface area contributed by atoms with Crippen molar-refractivity contribution in [3.05, 3.63) is 35.9 Å². The first kappa shape index (κ1) is 10.8. The van der Waals surface area contributed by atoms with Crippen LogP contribution in [0.4, 0.5) is 0 Å². The number of hydrogen-bond acceptors (Lipinski definition) is 1. The maximum Gasteiger partial charge on any atom is 0.122 e. The molecule has 76 valence electrons. The van der Waals surface area contributed by atoms with E-state index in [0.29, 0.717) is 0 Å². The molecular formula is C13H18O. The third-order valence-corrected chi connectivity index (χ3v) is 2.27. The molecule has 1 nitrogen and oxygen atoms in total. The van der Waals surface area contributed by atoms with Crippen molar-refractivity contribution in [2.24, 2.45) is 0 Å². The molecule has 1 heteroatoms. The van der Waals surface area contributed by atoms with Crippen molar-refractivity contribution in [2.45, 2.75) is 26.2 Å². The van der Waals surface area contributed by atoms with Gasteiger partial charge in [0.1, 0.15) is 5.75 Å². The minimum absolute atomic E-state index is 0.102. The summed E-state index contributed by atoms with van der Waals surface area (Å²) < 4.78 is 5.34. The van der Waals surface area contributed by atoms with Crippen molar-refractivity contribution in [1.29, 1.82) is 0 Å². The first-order valence-corrected chi connectivity index (χ1v) is 4.80.